The van der Waals surface area contributed by atoms with Gasteiger partial charge in [0.15, 0.2) is 0 Å². The summed E-state index contributed by atoms with van der Waals surface area (Å²) in [6, 6.07) is 11.1. The van der Waals surface area contributed by atoms with E-state index in [1.807, 2.05) is 19.9 Å². The van der Waals surface area contributed by atoms with E-state index in [1.54, 1.807) is 13.0 Å². The van der Waals surface area contributed by atoms with Crippen molar-refractivity contribution in [2.75, 3.05) is 0 Å². The van der Waals surface area contributed by atoms with Gasteiger partial charge < -0.3 is 5.11 Å². The van der Waals surface area contributed by atoms with Gasteiger partial charge >= 0.3 is 0 Å². The molecule has 0 heterocycles. The molecule has 0 saturated heterocycles. The van der Waals surface area contributed by atoms with E-state index in [0.717, 1.165) is 15.4 Å². The van der Waals surface area contributed by atoms with Crippen LogP contribution < -0.4 is 0 Å². The number of aryl methyl sites for hydroxylation is 2. The van der Waals surface area contributed by atoms with Gasteiger partial charge in [0, 0.05) is 15.4 Å². The second kappa shape index (κ2) is 5.76. The molecule has 1 N–H and O–H groups in total. The number of rotatable bonds is 3. The lowest BCUT2D eigenvalue weighted by atomic mass is 10.1. The largest absolute Gasteiger partial charge is 0.389 e. The normalized spacial score (nSPS) is 12.5. The Kier molecular flexibility index (Phi) is 4.27. The molecule has 0 unspecified atom stereocenters. The summed E-state index contributed by atoms with van der Waals surface area (Å²) in [5, 5.41) is 9.73. The third-order valence-corrected chi connectivity index (χ3v) is 4.23. The molecule has 0 aliphatic rings. The summed E-state index contributed by atoms with van der Waals surface area (Å²) in [5.74, 6) is -0.356. The maximum atomic E-state index is 13.8. The van der Waals surface area contributed by atoms with Crippen molar-refractivity contribution in [3.05, 3.63) is 58.9 Å². The van der Waals surface area contributed by atoms with Gasteiger partial charge in [-0.05, 0) is 50.1 Å². The Labute approximate surface area is 117 Å². The molecule has 0 spiro atoms. The molecule has 19 heavy (non-hydrogen) atoms. The van der Waals surface area contributed by atoms with Crippen molar-refractivity contribution in [2.45, 2.75) is 36.7 Å². The Morgan fingerprint density at radius 2 is 1.84 bits per heavy atom. The minimum absolute atomic E-state index is 0.356. The minimum atomic E-state index is -0.811. The Hall–Kier alpha value is -1.32. The molecule has 1 atom stereocenters. The summed E-state index contributed by atoms with van der Waals surface area (Å²) in [6.07, 6.45) is -0.811. The van der Waals surface area contributed by atoms with Crippen molar-refractivity contribution in [1.82, 2.24) is 0 Å². The fourth-order valence-electron chi connectivity index (χ4n) is 1.95. The fraction of sp³-hybridized carbons (Fsp3) is 0.250. The molecule has 1 nitrogen and oxygen atoms in total. The molecule has 100 valence electrons. The zero-order chi connectivity index (χ0) is 14.0. The molecule has 3 heteroatoms. The highest BCUT2D eigenvalue weighted by atomic mass is 32.2. The average Bonchev–Trinajstić information content (AvgIpc) is 2.33. The van der Waals surface area contributed by atoms with Crippen LogP contribution in [0.1, 0.15) is 29.7 Å². The lowest BCUT2D eigenvalue weighted by Gasteiger charge is -2.14. The van der Waals surface area contributed by atoms with Crippen LogP contribution in [0.15, 0.2) is 46.2 Å². The molecular formula is C16H17FOS. The van der Waals surface area contributed by atoms with Crippen molar-refractivity contribution in [3.63, 3.8) is 0 Å². The molecule has 2 aromatic rings. The van der Waals surface area contributed by atoms with Gasteiger partial charge in [-0.1, -0.05) is 30.0 Å². The van der Waals surface area contributed by atoms with Gasteiger partial charge in [0.05, 0.1) is 6.10 Å². The second-order valence-electron chi connectivity index (χ2n) is 4.70. The summed E-state index contributed by atoms with van der Waals surface area (Å²) < 4.78 is 13.8. The quantitative estimate of drug-likeness (QED) is 0.880. The molecule has 0 aliphatic heterocycles. The first kappa shape index (κ1) is 14.1. The van der Waals surface area contributed by atoms with E-state index in [9.17, 15) is 9.50 Å². The highest BCUT2D eigenvalue weighted by molar-refractivity contribution is 7.99. The van der Waals surface area contributed by atoms with Crippen LogP contribution in [-0.2, 0) is 0 Å². The molecule has 0 aliphatic carbocycles. The van der Waals surface area contributed by atoms with Crippen molar-refractivity contribution in [2.24, 2.45) is 0 Å². The smallest absolute Gasteiger partial charge is 0.130 e. The van der Waals surface area contributed by atoms with Crippen molar-refractivity contribution in [1.29, 1.82) is 0 Å². The number of aliphatic hydroxyl groups excluding tert-OH is 1. The Morgan fingerprint density at radius 1 is 1.11 bits per heavy atom. The zero-order valence-corrected chi connectivity index (χ0v) is 12.1. The van der Waals surface area contributed by atoms with E-state index >= 15 is 0 Å². The van der Waals surface area contributed by atoms with Crippen molar-refractivity contribution < 1.29 is 9.50 Å². The van der Waals surface area contributed by atoms with Gasteiger partial charge in [0.1, 0.15) is 5.82 Å². The molecule has 0 saturated carbocycles. The molecule has 0 radical (unpaired) electrons. The van der Waals surface area contributed by atoms with E-state index < -0.39 is 6.10 Å². The van der Waals surface area contributed by atoms with E-state index in [1.165, 1.54) is 23.4 Å². The van der Waals surface area contributed by atoms with Crippen LogP contribution in [0.4, 0.5) is 4.39 Å². The van der Waals surface area contributed by atoms with Crippen LogP contribution in [-0.4, -0.2) is 5.11 Å². The maximum absolute atomic E-state index is 13.8. The molecule has 2 rings (SSSR count). The predicted molar refractivity (Wildman–Crippen MR) is 77.1 cm³/mol. The number of hydrogen-bond acceptors (Lipinski definition) is 2. The van der Waals surface area contributed by atoms with Crippen LogP contribution in [0.3, 0.4) is 0 Å². The van der Waals surface area contributed by atoms with E-state index in [0.29, 0.717) is 5.56 Å². The molecule has 0 bridgehead atoms. The van der Waals surface area contributed by atoms with Crippen molar-refractivity contribution in [3.8, 4) is 0 Å². The summed E-state index contributed by atoms with van der Waals surface area (Å²) in [7, 11) is 0. The standard InChI is InChI=1S/C16H17FOS/c1-10-7-8-11(2)15(9-10)19-14-6-4-5-13(17)16(14)12(3)18/h4-9,12,18H,1-3H3/t12-/m0/s1. The lowest BCUT2D eigenvalue weighted by molar-refractivity contribution is 0.191. The first-order valence-electron chi connectivity index (χ1n) is 6.20. The third-order valence-electron chi connectivity index (χ3n) is 2.99. The van der Waals surface area contributed by atoms with Crippen LogP contribution in [0, 0.1) is 19.7 Å². The second-order valence-corrected chi connectivity index (χ2v) is 5.78. The van der Waals surface area contributed by atoms with E-state index in [-0.39, 0.29) is 5.82 Å². The van der Waals surface area contributed by atoms with Crippen molar-refractivity contribution >= 4 is 11.8 Å². The first-order valence-corrected chi connectivity index (χ1v) is 7.02. The molecule has 0 amide bonds. The van der Waals surface area contributed by atoms with Gasteiger partial charge in [-0.15, -0.1) is 0 Å². The van der Waals surface area contributed by atoms with Gasteiger partial charge in [0.2, 0.25) is 0 Å². The van der Waals surface area contributed by atoms with Gasteiger partial charge in [-0.25, -0.2) is 4.39 Å². The zero-order valence-electron chi connectivity index (χ0n) is 11.3. The van der Waals surface area contributed by atoms with Gasteiger partial charge in [0.25, 0.3) is 0 Å². The predicted octanol–water partition coefficient (Wildman–Crippen LogP) is 4.65. The Balaban J connectivity index is 2.44. The van der Waals surface area contributed by atoms with E-state index in [4.69, 9.17) is 0 Å². The molecular weight excluding hydrogens is 259 g/mol. The lowest BCUT2D eigenvalue weighted by Crippen LogP contribution is -1.98. The molecule has 0 fully saturated rings. The van der Waals surface area contributed by atoms with Gasteiger partial charge in [-0.3, -0.25) is 0 Å². The average molecular weight is 276 g/mol. The summed E-state index contributed by atoms with van der Waals surface area (Å²) >= 11 is 1.50. The molecule has 2 aromatic carbocycles. The Morgan fingerprint density at radius 3 is 2.53 bits per heavy atom. The van der Waals surface area contributed by atoms with Crippen LogP contribution in [0.5, 0.6) is 0 Å². The third kappa shape index (κ3) is 3.17. The summed E-state index contributed by atoms with van der Waals surface area (Å²) in [6.45, 7) is 5.65. The summed E-state index contributed by atoms with van der Waals surface area (Å²) in [5.41, 5.74) is 2.69. The number of hydrogen-bond donors (Lipinski definition) is 1. The Bertz CT molecular complexity index is 593. The first-order chi connectivity index (χ1) is 8.99. The fourth-order valence-corrected chi connectivity index (χ4v) is 3.18. The summed E-state index contributed by atoms with van der Waals surface area (Å²) in [4.78, 5) is 1.86. The number of halogens is 1. The number of aliphatic hydroxyl groups is 1. The topological polar surface area (TPSA) is 20.2 Å². The minimum Gasteiger partial charge on any atom is -0.389 e. The highest BCUT2D eigenvalue weighted by Gasteiger charge is 2.15. The van der Waals surface area contributed by atoms with Crippen LogP contribution in [0.2, 0.25) is 0 Å². The van der Waals surface area contributed by atoms with E-state index in [2.05, 4.69) is 18.2 Å². The monoisotopic (exact) mass is 276 g/mol. The SMILES string of the molecule is Cc1ccc(C)c(Sc2cccc(F)c2[C@H](C)O)c1. The van der Waals surface area contributed by atoms with Crippen LogP contribution in [0.25, 0.3) is 0 Å². The highest BCUT2D eigenvalue weighted by Crippen LogP contribution is 2.36. The van der Waals surface area contributed by atoms with Gasteiger partial charge in [-0.2, -0.15) is 0 Å². The maximum Gasteiger partial charge on any atom is 0.130 e. The number of benzene rings is 2. The van der Waals surface area contributed by atoms with Crippen LogP contribution >= 0.6 is 11.8 Å². The molecule has 0 aromatic heterocycles.